The van der Waals surface area contributed by atoms with Crippen molar-refractivity contribution in [1.82, 2.24) is 4.98 Å². The Bertz CT molecular complexity index is 903. The number of halogens is 2. The molecule has 0 saturated heterocycles. The van der Waals surface area contributed by atoms with Crippen LogP contribution in [0.15, 0.2) is 36.4 Å². The van der Waals surface area contributed by atoms with E-state index in [0.717, 1.165) is 12.1 Å². The van der Waals surface area contributed by atoms with Gasteiger partial charge in [-0.1, -0.05) is 12.1 Å². The Hall–Kier alpha value is -2.89. The van der Waals surface area contributed by atoms with Crippen molar-refractivity contribution in [3.63, 3.8) is 0 Å². The van der Waals surface area contributed by atoms with Gasteiger partial charge in [0.25, 0.3) is 5.91 Å². The number of para-hydroxylation sites is 1. The highest BCUT2D eigenvalue weighted by Gasteiger charge is 2.19. The molecule has 0 radical (unpaired) electrons. The van der Waals surface area contributed by atoms with Gasteiger partial charge in [0.1, 0.15) is 17.4 Å². The predicted molar refractivity (Wildman–Crippen MR) is 83.9 cm³/mol. The van der Waals surface area contributed by atoms with Crippen molar-refractivity contribution < 1.29 is 18.3 Å². The van der Waals surface area contributed by atoms with Gasteiger partial charge in [-0.15, -0.1) is 0 Å². The van der Waals surface area contributed by atoms with Crippen molar-refractivity contribution in [1.29, 1.82) is 0 Å². The zero-order valence-corrected chi connectivity index (χ0v) is 12.5. The molecule has 4 nitrogen and oxygen atoms in total. The average molecular weight is 316 g/mol. The molecule has 23 heavy (non-hydrogen) atoms. The minimum Gasteiger partial charge on any atom is -0.495 e. The Balaban J connectivity index is 2.03. The van der Waals surface area contributed by atoms with E-state index in [-0.39, 0.29) is 5.69 Å². The summed E-state index contributed by atoms with van der Waals surface area (Å²) in [6.45, 7) is 1.75. The van der Waals surface area contributed by atoms with Crippen molar-refractivity contribution in [2.45, 2.75) is 6.92 Å². The number of H-pyrrole nitrogens is 1. The molecule has 2 N–H and O–H groups in total. The standard InChI is InChI=1S/C17H14F2N2O2/c1-9-15(11-4-3-5-14(23-2)16(11)20-9)17(22)21-13-7-6-10(18)8-12(13)19/h3-8,20H,1-2H3,(H,21,22). The number of aromatic amines is 1. The maximum atomic E-state index is 13.7. The van der Waals surface area contributed by atoms with E-state index in [0.29, 0.717) is 27.9 Å². The molecule has 1 heterocycles. The van der Waals surface area contributed by atoms with Crippen molar-refractivity contribution in [3.8, 4) is 5.75 Å². The summed E-state index contributed by atoms with van der Waals surface area (Å²) in [6, 6.07) is 8.32. The fourth-order valence-corrected chi connectivity index (χ4v) is 2.56. The molecule has 118 valence electrons. The Morgan fingerprint density at radius 2 is 2.00 bits per heavy atom. The second-order valence-corrected chi connectivity index (χ2v) is 5.09. The fraction of sp³-hybridized carbons (Fsp3) is 0.118. The maximum absolute atomic E-state index is 13.7. The van der Waals surface area contributed by atoms with Gasteiger partial charge in [0.15, 0.2) is 0 Å². The van der Waals surface area contributed by atoms with Crippen LogP contribution < -0.4 is 10.1 Å². The molecule has 2 aromatic carbocycles. The third-order valence-electron chi connectivity index (χ3n) is 3.61. The molecule has 6 heteroatoms. The van der Waals surface area contributed by atoms with E-state index >= 15 is 0 Å². The summed E-state index contributed by atoms with van der Waals surface area (Å²) in [5.41, 5.74) is 1.64. The summed E-state index contributed by atoms with van der Waals surface area (Å²) in [5.74, 6) is -1.40. The van der Waals surface area contributed by atoms with Crippen molar-refractivity contribution in [2.24, 2.45) is 0 Å². The molecule has 0 fully saturated rings. The van der Waals surface area contributed by atoms with Crippen molar-refractivity contribution >= 4 is 22.5 Å². The summed E-state index contributed by atoms with van der Waals surface area (Å²) < 4.78 is 31.9. The number of ether oxygens (including phenoxy) is 1. The van der Waals surface area contributed by atoms with Crippen LogP contribution in [-0.4, -0.2) is 18.0 Å². The Labute approximate surface area is 131 Å². The second kappa shape index (κ2) is 5.72. The molecule has 0 spiro atoms. The quantitative estimate of drug-likeness (QED) is 0.767. The van der Waals surface area contributed by atoms with Crippen LogP contribution in [0.4, 0.5) is 14.5 Å². The first-order valence-electron chi connectivity index (χ1n) is 6.93. The number of hydrogen-bond acceptors (Lipinski definition) is 2. The van der Waals surface area contributed by atoms with E-state index in [9.17, 15) is 13.6 Å². The van der Waals surface area contributed by atoms with Crippen LogP contribution >= 0.6 is 0 Å². The molecule has 0 unspecified atom stereocenters. The molecule has 0 atom stereocenters. The summed E-state index contributed by atoms with van der Waals surface area (Å²) in [5, 5.41) is 3.14. The largest absolute Gasteiger partial charge is 0.495 e. The fourth-order valence-electron chi connectivity index (χ4n) is 2.56. The molecule has 0 aliphatic carbocycles. The normalized spacial score (nSPS) is 10.8. The molecular weight excluding hydrogens is 302 g/mol. The van der Waals surface area contributed by atoms with Crippen LogP contribution in [0.3, 0.4) is 0 Å². The molecule has 1 amide bonds. The molecular formula is C17H14F2N2O2. The minimum absolute atomic E-state index is 0.0759. The van der Waals surface area contributed by atoms with Gasteiger partial charge in [-0.25, -0.2) is 8.78 Å². The number of hydrogen-bond donors (Lipinski definition) is 2. The van der Waals surface area contributed by atoms with E-state index in [1.54, 1.807) is 32.2 Å². The van der Waals surface area contributed by atoms with Gasteiger partial charge in [0.05, 0.1) is 23.9 Å². The van der Waals surface area contributed by atoms with Crippen molar-refractivity contribution in [2.75, 3.05) is 12.4 Å². The van der Waals surface area contributed by atoms with E-state index in [1.807, 2.05) is 0 Å². The molecule has 0 bridgehead atoms. The second-order valence-electron chi connectivity index (χ2n) is 5.09. The topological polar surface area (TPSA) is 54.1 Å². The highest BCUT2D eigenvalue weighted by atomic mass is 19.1. The zero-order valence-electron chi connectivity index (χ0n) is 12.5. The molecule has 0 aliphatic rings. The number of aryl methyl sites for hydroxylation is 1. The maximum Gasteiger partial charge on any atom is 0.258 e. The third-order valence-corrected chi connectivity index (χ3v) is 3.61. The van der Waals surface area contributed by atoms with Crippen LogP contribution in [-0.2, 0) is 0 Å². The first kappa shape index (κ1) is 15.0. The number of methoxy groups -OCH3 is 1. The summed E-state index contributed by atoms with van der Waals surface area (Å²) in [4.78, 5) is 15.6. The van der Waals surface area contributed by atoms with E-state index in [2.05, 4.69) is 10.3 Å². The summed E-state index contributed by atoms with van der Waals surface area (Å²) in [7, 11) is 1.54. The van der Waals surface area contributed by atoms with Gasteiger partial charge in [0, 0.05) is 17.1 Å². The number of benzene rings is 2. The highest BCUT2D eigenvalue weighted by Crippen LogP contribution is 2.30. The lowest BCUT2D eigenvalue weighted by Crippen LogP contribution is -2.14. The van der Waals surface area contributed by atoms with Crippen LogP contribution in [0.25, 0.3) is 10.9 Å². The van der Waals surface area contributed by atoms with E-state index in [1.165, 1.54) is 6.07 Å². The minimum atomic E-state index is -0.826. The number of fused-ring (bicyclic) bond motifs is 1. The predicted octanol–water partition coefficient (Wildman–Crippen LogP) is 4.02. The summed E-state index contributed by atoms with van der Waals surface area (Å²) >= 11 is 0. The summed E-state index contributed by atoms with van der Waals surface area (Å²) in [6.07, 6.45) is 0. The zero-order chi connectivity index (χ0) is 16.6. The SMILES string of the molecule is COc1cccc2c(C(=O)Nc3ccc(F)cc3F)c(C)[nH]c12. The van der Waals surface area contributed by atoms with Gasteiger partial charge in [0.2, 0.25) is 0 Å². The van der Waals surface area contributed by atoms with Gasteiger partial charge in [-0.3, -0.25) is 4.79 Å². The highest BCUT2D eigenvalue weighted by molar-refractivity contribution is 6.14. The van der Waals surface area contributed by atoms with E-state index in [4.69, 9.17) is 4.74 Å². The van der Waals surface area contributed by atoms with Crippen LogP contribution in [0.1, 0.15) is 16.1 Å². The Morgan fingerprint density at radius 3 is 2.70 bits per heavy atom. The number of nitrogens with one attached hydrogen (secondary N) is 2. The number of amides is 1. The first-order chi connectivity index (χ1) is 11.0. The lowest BCUT2D eigenvalue weighted by Gasteiger charge is -2.07. The third kappa shape index (κ3) is 2.63. The molecule has 3 rings (SSSR count). The Kier molecular flexibility index (Phi) is 3.73. The lowest BCUT2D eigenvalue weighted by atomic mass is 10.1. The number of carbonyl (C=O) groups is 1. The molecule has 0 aliphatic heterocycles. The molecule has 1 aromatic heterocycles. The smallest absolute Gasteiger partial charge is 0.258 e. The Morgan fingerprint density at radius 1 is 1.22 bits per heavy atom. The molecule has 3 aromatic rings. The van der Waals surface area contributed by atoms with Gasteiger partial charge >= 0.3 is 0 Å². The average Bonchev–Trinajstić information content (AvgIpc) is 2.85. The van der Waals surface area contributed by atoms with Crippen molar-refractivity contribution in [3.05, 3.63) is 59.3 Å². The van der Waals surface area contributed by atoms with Gasteiger partial charge in [-0.05, 0) is 25.1 Å². The van der Waals surface area contributed by atoms with Crippen LogP contribution in [0.2, 0.25) is 0 Å². The first-order valence-corrected chi connectivity index (χ1v) is 6.93. The van der Waals surface area contributed by atoms with Gasteiger partial charge < -0.3 is 15.0 Å². The van der Waals surface area contributed by atoms with E-state index < -0.39 is 17.5 Å². The number of rotatable bonds is 3. The number of aromatic nitrogens is 1. The van der Waals surface area contributed by atoms with Crippen LogP contribution in [0.5, 0.6) is 5.75 Å². The number of anilines is 1. The molecule has 0 saturated carbocycles. The number of carbonyl (C=O) groups excluding carboxylic acids is 1. The lowest BCUT2D eigenvalue weighted by molar-refractivity contribution is 0.102. The monoisotopic (exact) mass is 316 g/mol. The van der Waals surface area contributed by atoms with Gasteiger partial charge in [-0.2, -0.15) is 0 Å². The van der Waals surface area contributed by atoms with Crippen LogP contribution in [0, 0.1) is 18.6 Å².